The van der Waals surface area contributed by atoms with Crippen LogP contribution in [0.2, 0.25) is 10.0 Å². The topological polar surface area (TPSA) is 52.6 Å². The van der Waals surface area contributed by atoms with E-state index in [9.17, 15) is 9.59 Å². The Kier molecular flexibility index (Phi) is 4.83. The Hall–Kier alpha value is -2.04. The van der Waals surface area contributed by atoms with Gasteiger partial charge >= 0.3 is 5.97 Å². The van der Waals surface area contributed by atoms with Gasteiger partial charge in [0.25, 0.3) is 5.78 Å². The molecule has 0 aromatic heterocycles. The zero-order valence-electron chi connectivity index (χ0n) is 10.9. The standard InChI is InChI=1S/C15H10Cl2O4/c1-20-15(19)14(18)12-7-6-11(8-13(12)17)21-10-4-2-9(16)3-5-10/h2-8H,1H3. The van der Waals surface area contributed by atoms with Crippen molar-refractivity contribution >= 4 is 35.0 Å². The summed E-state index contributed by atoms with van der Waals surface area (Å²) >= 11 is 11.8. The van der Waals surface area contributed by atoms with E-state index in [1.54, 1.807) is 24.3 Å². The van der Waals surface area contributed by atoms with Gasteiger partial charge in [0, 0.05) is 16.7 Å². The van der Waals surface area contributed by atoms with E-state index in [0.29, 0.717) is 16.5 Å². The van der Waals surface area contributed by atoms with E-state index in [-0.39, 0.29) is 10.6 Å². The molecule has 0 aliphatic heterocycles. The molecule has 0 bridgehead atoms. The molecule has 0 heterocycles. The van der Waals surface area contributed by atoms with Crippen LogP contribution in [0.25, 0.3) is 0 Å². The summed E-state index contributed by atoms with van der Waals surface area (Å²) in [6.45, 7) is 0. The number of hydrogen-bond donors (Lipinski definition) is 0. The van der Waals surface area contributed by atoms with Gasteiger partial charge in [-0.1, -0.05) is 23.2 Å². The van der Waals surface area contributed by atoms with E-state index >= 15 is 0 Å². The van der Waals surface area contributed by atoms with Crippen LogP contribution in [0.3, 0.4) is 0 Å². The molecule has 2 aromatic carbocycles. The third-order valence-electron chi connectivity index (χ3n) is 2.61. The zero-order chi connectivity index (χ0) is 15.4. The smallest absolute Gasteiger partial charge is 0.379 e. The first-order valence-corrected chi connectivity index (χ1v) is 6.62. The van der Waals surface area contributed by atoms with Crippen molar-refractivity contribution in [2.45, 2.75) is 0 Å². The second-order valence-electron chi connectivity index (χ2n) is 4.02. The molecule has 0 N–H and O–H groups in total. The number of hydrogen-bond acceptors (Lipinski definition) is 4. The van der Waals surface area contributed by atoms with Gasteiger partial charge in [-0.3, -0.25) is 4.79 Å². The molecule has 2 rings (SSSR count). The number of ether oxygens (including phenoxy) is 2. The number of halogens is 2. The van der Waals surface area contributed by atoms with E-state index < -0.39 is 11.8 Å². The fourth-order valence-electron chi connectivity index (χ4n) is 1.58. The molecule has 0 aliphatic rings. The quantitative estimate of drug-likeness (QED) is 0.482. The van der Waals surface area contributed by atoms with Crippen LogP contribution in [0.5, 0.6) is 11.5 Å². The Bertz CT molecular complexity index is 681. The molecule has 21 heavy (non-hydrogen) atoms. The highest BCUT2D eigenvalue weighted by Gasteiger charge is 2.20. The first-order chi connectivity index (χ1) is 10.0. The Balaban J connectivity index is 2.21. The molecule has 0 aliphatic carbocycles. The summed E-state index contributed by atoms with van der Waals surface area (Å²) in [5, 5.41) is 0.705. The summed E-state index contributed by atoms with van der Waals surface area (Å²) in [6, 6.07) is 11.2. The van der Waals surface area contributed by atoms with Gasteiger partial charge in [-0.2, -0.15) is 0 Å². The molecule has 0 amide bonds. The van der Waals surface area contributed by atoms with Crippen molar-refractivity contribution in [2.24, 2.45) is 0 Å². The van der Waals surface area contributed by atoms with Gasteiger partial charge in [0.15, 0.2) is 0 Å². The van der Waals surface area contributed by atoms with Crippen molar-refractivity contribution in [1.82, 2.24) is 0 Å². The van der Waals surface area contributed by atoms with Crippen molar-refractivity contribution in [3.05, 3.63) is 58.1 Å². The van der Waals surface area contributed by atoms with Gasteiger partial charge in [0.1, 0.15) is 11.5 Å². The lowest BCUT2D eigenvalue weighted by Crippen LogP contribution is -2.16. The molecule has 0 atom stereocenters. The predicted molar refractivity (Wildman–Crippen MR) is 79.3 cm³/mol. The molecular weight excluding hydrogens is 315 g/mol. The van der Waals surface area contributed by atoms with E-state index in [2.05, 4.69) is 4.74 Å². The minimum absolute atomic E-state index is 0.0620. The highest BCUT2D eigenvalue weighted by Crippen LogP contribution is 2.28. The number of rotatable bonds is 4. The Morgan fingerprint density at radius 3 is 2.14 bits per heavy atom. The van der Waals surface area contributed by atoms with Gasteiger partial charge < -0.3 is 9.47 Å². The van der Waals surface area contributed by atoms with Crippen LogP contribution in [0.4, 0.5) is 0 Å². The van der Waals surface area contributed by atoms with Crippen LogP contribution >= 0.6 is 23.2 Å². The third-order valence-corrected chi connectivity index (χ3v) is 3.17. The monoisotopic (exact) mass is 324 g/mol. The van der Waals surface area contributed by atoms with E-state index in [0.717, 1.165) is 7.11 Å². The fraction of sp³-hybridized carbons (Fsp3) is 0.0667. The fourth-order valence-corrected chi connectivity index (χ4v) is 1.97. The highest BCUT2D eigenvalue weighted by atomic mass is 35.5. The van der Waals surface area contributed by atoms with Crippen molar-refractivity contribution in [3.63, 3.8) is 0 Å². The average molecular weight is 325 g/mol. The predicted octanol–water partition coefficient (Wildman–Crippen LogP) is 4.14. The minimum Gasteiger partial charge on any atom is -0.463 e. The maximum absolute atomic E-state index is 11.7. The van der Waals surface area contributed by atoms with Crippen LogP contribution in [-0.2, 0) is 9.53 Å². The summed E-state index contributed by atoms with van der Waals surface area (Å²) in [6.07, 6.45) is 0. The molecular formula is C15H10Cl2O4. The number of esters is 1. The molecule has 6 heteroatoms. The van der Waals surface area contributed by atoms with Crippen molar-refractivity contribution in [1.29, 1.82) is 0 Å². The molecule has 0 fully saturated rings. The van der Waals surface area contributed by atoms with Crippen LogP contribution in [0, 0.1) is 0 Å². The lowest BCUT2D eigenvalue weighted by Gasteiger charge is -2.08. The summed E-state index contributed by atoms with van der Waals surface area (Å²) in [7, 11) is 1.13. The first-order valence-electron chi connectivity index (χ1n) is 5.87. The number of carbonyl (C=O) groups excluding carboxylic acids is 2. The maximum Gasteiger partial charge on any atom is 0.379 e. The van der Waals surface area contributed by atoms with E-state index in [1.165, 1.54) is 18.2 Å². The highest BCUT2D eigenvalue weighted by molar-refractivity contribution is 6.45. The lowest BCUT2D eigenvalue weighted by atomic mass is 10.1. The summed E-state index contributed by atoms with van der Waals surface area (Å²) in [5.74, 6) is -0.768. The Morgan fingerprint density at radius 1 is 0.952 bits per heavy atom. The van der Waals surface area contributed by atoms with Crippen molar-refractivity contribution < 1.29 is 19.1 Å². The average Bonchev–Trinajstić information content (AvgIpc) is 2.48. The van der Waals surface area contributed by atoms with Crippen LogP contribution < -0.4 is 4.74 Å². The van der Waals surface area contributed by atoms with Crippen LogP contribution in [0.1, 0.15) is 10.4 Å². The summed E-state index contributed by atoms with van der Waals surface area (Å²) in [5.41, 5.74) is 0.0620. The molecule has 0 radical (unpaired) electrons. The van der Waals surface area contributed by atoms with Crippen LogP contribution in [0.15, 0.2) is 42.5 Å². The Labute approximate surface area is 131 Å². The van der Waals surface area contributed by atoms with Crippen molar-refractivity contribution in [3.8, 4) is 11.5 Å². The summed E-state index contributed by atoms with van der Waals surface area (Å²) in [4.78, 5) is 22.9. The number of ketones is 1. The third kappa shape index (κ3) is 3.74. The van der Waals surface area contributed by atoms with Crippen LogP contribution in [-0.4, -0.2) is 18.9 Å². The number of carbonyl (C=O) groups is 2. The van der Waals surface area contributed by atoms with Gasteiger partial charge in [-0.05, 0) is 36.4 Å². The molecule has 0 saturated heterocycles. The largest absolute Gasteiger partial charge is 0.463 e. The zero-order valence-corrected chi connectivity index (χ0v) is 12.4. The number of Topliss-reactive ketones (excluding diaryl/α,β-unsaturated/α-hetero) is 1. The molecule has 0 spiro atoms. The molecule has 108 valence electrons. The van der Waals surface area contributed by atoms with E-state index in [4.69, 9.17) is 27.9 Å². The second-order valence-corrected chi connectivity index (χ2v) is 4.86. The Morgan fingerprint density at radius 2 is 1.57 bits per heavy atom. The SMILES string of the molecule is COC(=O)C(=O)c1ccc(Oc2ccc(Cl)cc2)cc1Cl. The molecule has 4 nitrogen and oxygen atoms in total. The molecule has 2 aromatic rings. The lowest BCUT2D eigenvalue weighted by molar-refractivity contribution is -0.135. The number of methoxy groups -OCH3 is 1. The normalized spacial score (nSPS) is 10.0. The minimum atomic E-state index is -0.969. The second kappa shape index (κ2) is 6.61. The van der Waals surface area contributed by atoms with E-state index in [1.807, 2.05) is 0 Å². The first kappa shape index (κ1) is 15.4. The summed E-state index contributed by atoms with van der Waals surface area (Å²) < 4.78 is 9.93. The van der Waals surface area contributed by atoms with Gasteiger partial charge in [0.2, 0.25) is 0 Å². The van der Waals surface area contributed by atoms with Gasteiger partial charge in [-0.25, -0.2) is 4.79 Å². The van der Waals surface area contributed by atoms with Crippen molar-refractivity contribution in [2.75, 3.05) is 7.11 Å². The number of benzene rings is 2. The molecule has 0 saturated carbocycles. The van der Waals surface area contributed by atoms with Gasteiger partial charge in [0.05, 0.1) is 12.1 Å². The maximum atomic E-state index is 11.7. The van der Waals surface area contributed by atoms with Gasteiger partial charge in [-0.15, -0.1) is 0 Å². The molecule has 0 unspecified atom stereocenters.